The molecule has 3 aromatic carbocycles. The first-order chi connectivity index (χ1) is 15.0. The monoisotopic (exact) mass is 437 g/mol. The Labute approximate surface area is 186 Å². The number of carbonyl (C=O) groups excluding carboxylic acids is 2. The van der Waals surface area contributed by atoms with Gasteiger partial charge in [0, 0.05) is 17.3 Å². The highest BCUT2D eigenvalue weighted by Gasteiger charge is 2.13. The SMILES string of the molecule is COc1ccc(Cl)cc1NC(=O)CNc1ccccc1C(=O)NCc1ccc(C)cc1. The minimum Gasteiger partial charge on any atom is -0.495 e. The third kappa shape index (κ3) is 6.23. The second-order valence-electron chi connectivity index (χ2n) is 6.96. The third-order valence-electron chi connectivity index (χ3n) is 4.62. The molecule has 3 N–H and O–H groups in total. The Morgan fingerprint density at radius 1 is 0.968 bits per heavy atom. The molecule has 0 heterocycles. The average Bonchev–Trinajstić information content (AvgIpc) is 2.77. The molecule has 0 atom stereocenters. The van der Waals surface area contributed by atoms with Gasteiger partial charge in [0.1, 0.15) is 5.75 Å². The molecule has 0 aliphatic rings. The number of hydrogen-bond donors (Lipinski definition) is 3. The van der Waals surface area contributed by atoms with Crippen LogP contribution >= 0.6 is 11.6 Å². The van der Waals surface area contributed by atoms with Gasteiger partial charge in [-0.2, -0.15) is 0 Å². The second-order valence-corrected chi connectivity index (χ2v) is 7.40. The minimum absolute atomic E-state index is 0.0298. The lowest BCUT2D eigenvalue weighted by molar-refractivity contribution is -0.114. The van der Waals surface area contributed by atoms with Crippen molar-refractivity contribution in [3.05, 3.63) is 88.4 Å². The highest BCUT2D eigenvalue weighted by molar-refractivity contribution is 6.31. The number of ether oxygens (including phenoxy) is 1. The quantitative estimate of drug-likeness (QED) is 0.479. The number of anilines is 2. The molecular weight excluding hydrogens is 414 g/mol. The van der Waals surface area contributed by atoms with Crippen molar-refractivity contribution < 1.29 is 14.3 Å². The number of rotatable bonds is 8. The van der Waals surface area contributed by atoms with Gasteiger partial charge in [0.2, 0.25) is 5.91 Å². The molecule has 3 aromatic rings. The first kappa shape index (κ1) is 22.2. The lowest BCUT2D eigenvalue weighted by Crippen LogP contribution is -2.26. The molecule has 0 fully saturated rings. The number of benzene rings is 3. The van der Waals surface area contributed by atoms with E-state index in [9.17, 15) is 9.59 Å². The van der Waals surface area contributed by atoms with Crippen molar-refractivity contribution >= 4 is 34.8 Å². The summed E-state index contributed by atoms with van der Waals surface area (Å²) in [5.74, 6) is -0.00957. The Morgan fingerprint density at radius 2 is 1.71 bits per heavy atom. The fraction of sp³-hybridized carbons (Fsp3) is 0.167. The van der Waals surface area contributed by atoms with Crippen LogP contribution in [0.2, 0.25) is 5.02 Å². The van der Waals surface area contributed by atoms with Crippen molar-refractivity contribution in [3.63, 3.8) is 0 Å². The molecule has 6 nitrogen and oxygen atoms in total. The zero-order chi connectivity index (χ0) is 22.2. The fourth-order valence-corrected chi connectivity index (χ4v) is 3.14. The van der Waals surface area contributed by atoms with Gasteiger partial charge in [0.05, 0.1) is 24.9 Å². The molecule has 7 heteroatoms. The van der Waals surface area contributed by atoms with Crippen molar-refractivity contribution in [3.8, 4) is 5.75 Å². The largest absolute Gasteiger partial charge is 0.495 e. The fourth-order valence-electron chi connectivity index (χ4n) is 2.97. The molecule has 0 aliphatic carbocycles. The average molecular weight is 438 g/mol. The van der Waals surface area contributed by atoms with Crippen molar-refractivity contribution in [1.82, 2.24) is 5.32 Å². The van der Waals surface area contributed by atoms with E-state index < -0.39 is 0 Å². The van der Waals surface area contributed by atoms with Gasteiger partial charge in [-0.15, -0.1) is 0 Å². The van der Waals surface area contributed by atoms with E-state index in [2.05, 4.69) is 16.0 Å². The van der Waals surface area contributed by atoms with E-state index in [0.717, 1.165) is 5.56 Å². The van der Waals surface area contributed by atoms with Crippen molar-refractivity contribution in [2.75, 3.05) is 24.3 Å². The van der Waals surface area contributed by atoms with Gasteiger partial charge in [0.25, 0.3) is 5.91 Å². The third-order valence-corrected chi connectivity index (χ3v) is 4.86. The zero-order valence-corrected chi connectivity index (χ0v) is 18.1. The van der Waals surface area contributed by atoms with Crippen LogP contribution in [0, 0.1) is 6.92 Å². The number of nitrogens with one attached hydrogen (secondary N) is 3. The van der Waals surface area contributed by atoms with Gasteiger partial charge in [0.15, 0.2) is 0 Å². The van der Waals surface area contributed by atoms with Crippen LogP contribution in [0.1, 0.15) is 21.5 Å². The maximum atomic E-state index is 12.7. The first-order valence-electron chi connectivity index (χ1n) is 9.76. The smallest absolute Gasteiger partial charge is 0.253 e. The Kier molecular flexibility index (Phi) is 7.51. The van der Waals surface area contributed by atoms with Gasteiger partial charge < -0.3 is 20.7 Å². The molecule has 160 valence electrons. The molecule has 0 spiro atoms. The number of carbonyl (C=O) groups is 2. The molecule has 3 rings (SSSR count). The predicted molar refractivity (Wildman–Crippen MR) is 124 cm³/mol. The van der Waals surface area contributed by atoms with Crippen molar-refractivity contribution in [2.45, 2.75) is 13.5 Å². The lowest BCUT2D eigenvalue weighted by Gasteiger charge is -2.14. The molecular formula is C24H24ClN3O3. The maximum Gasteiger partial charge on any atom is 0.253 e. The predicted octanol–water partition coefficient (Wildman–Crippen LogP) is 4.64. The van der Waals surface area contributed by atoms with Crippen LogP contribution in [0.3, 0.4) is 0 Å². The van der Waals surface area contributed by atoms with E-state index in [-0.39, 0.29) is 18.4 Å². The molecule has 31 heavy (non-hydrogen) atoms. The summed E-state index contributed by atoms with van der Waals surface area (Å²) >= 11 is 6.00. The summed E-state index contributed by atoms with van der Waals surface area (Å²) in [6, 6.07) is 20.0. The Hall–Kier alpha value is -3.51. The Morgan fingerprint density at radius 3 is 2.45 bits per heavy atom. The number of halogens is 1. The standard InChI is InChI=1S/C24H24ClN3O3/c1-16-7-9-17(10-8-16)14-27-24(30)19-5-3-4-6-20(19)26-15-23(29)28-21-13-18(25)11-12-22(21)31-2/h3-13,26H,14-15H2,1-2H3,(H,27,30)(H,28,29). The minimum atomic E-state index is -0.296. The summed E-state index contributed by atoms with van der Waals surface area (Å²) in [5, 5.41) is 9.19. The van der Waals surface area contributed by atoms with Crippen LogP contribution in [0.4, 0.5) is 11.4 Å². The molecule has 0 radical (unpaired) electrons. The molecule has 0 unspecified atom stereocenters. The summed E-state index contributed by atoms with van der Waals surface area (Å²) in [5.41, 5.74) is 3.68. The lowest BCUT2D eigenvalue weighted by atomic mass is 10.1. The molecule has 0 bridgehead atoms. The van der Waals surface area contributed by atoms with Gasteiger partial charge in [-0.05, 0) is 42.8 Å². The number of aryl methyl sites for hydroxylation is 1. The summed E-state index contributed by atoms with van der Waals surface area (Å²) in [7, 11) is 1.52. The second kappa shape index (κ2) is 10.5. The van der Waals surface area contributed by atoms with E-state index in [1.807, 2.05) is 31.2 Å². The summed E-state index contributed by atoms with van der Waals surface area (Å²) in [6.45, 7) is 2.41. The van der Waals surface area contributed by atoms with Gasteiger partial charge in [-0.3, -0.25) is 9.59 Å². The van der Waals surface area contributed by atoms with Crippen LogP contribution in [-0.4, -0.2) is 25.5 Å². The van der Waals surface area contributed by atoms with E-state index in [4.69, 9.17) is 16.3 Å². The van der Waals surface area contributed by atoms with Gasteiger partial charge in [-0.25, -0.2) is 0 Å². The molecule has 0 aromatic heterocycles. The van der Waals surface area contributed by atoms with Gasteiger partial charge in [-0.1, -0.05) is 53.6 Å². The summed E-state index contributed by atoms with van der Waals surface area (Å²) in [4.78, 5) is 25.1. The number of para-hydroxylation sites is 1. The van der Waals surface area contributed by atoms with E-state index in [1.165, 1.54) is 12.7 Å². The number of methoxy groups -OCH3 is 1. The van der Waals surface area contributed by atoms with Crippen LogP contribution in [0.25, 0.3) is 0 Å². The van der Waals surface area contributed by atoms with Crippen LogP contribution in [0.15, 0.2) is 66.7 Å². The molecule has 0 saturated heterocycles. The molecule has 0 saturated carbocycles. The Balaban J connectivity index is 1.61. The van der Waals surface area contributed by atoms with E-state index >= 15 is 0 Å². The topological polar surface area (TPSA) is 79.5 Å². The van der Waals surface area contributed by atoms with Gasteiger partial charge >= 0.3 is 0 Å². The first-order valence-corrected chi connectivity index (χ1v) is 10.1. The molecule has 2 amide bonds. The van der Waals surface area contributed by atoms with Crippen molar-refractivity contribution in [2.24, 2.45) is 0 Å². The normalized spacial score (nSPS) is 10.3. The highest BCUT2D eigenvalue weighted by atomic mass is 35.5. The summed E-state index contributed by atoms with van der Waals surface area (Å²) in [6.07, 6.45) is 0. The Bertz CT molecular complexity index is 1070. The van der Waals surface area contributed by atoms with Crippen LogP contribution < -0.4 is 20.7 Å². The van der Waals surface area contributed by atoms with Crippen LogP contribution in [0.5, 0.6) is 5.75 Å². The summed E-state index contributed by atoms with van der Waals surface area (Å²) < 4.78 is 5.24. The zero-order valence-electron chi connectivity index (χ0n) is 17.4. The van der Waals surface area contributed by atoms with E-state index in [0.29, 0.717) is 34.3 Å². The highest BCUT2D eigenvalue weighted by Crippen LogP contribution is 2.27. The number of amides is 2. The van der Waals surface area contributed by atoms with E-state index in [1.54, 1.807) is 42.5 Å². The molecule has 0 aliphatic heterocycles. The van der Waals surface area contributed by atoms with Crippen molar-refractivity contribution in [1.29, 1.82) is 0 Å². The number of hydrogen-bond acceptors (Lipinski definition) is 4. The van der Waals surface area contributed by atoms with Crippen LogP contribution in [-0.2, 0) is 11.3 Å². The maximum absolute atomic E-state index is 12.7.